The van der Waals surface area contributed by atoms with Crippen molar-refractivity contribution in [2.24, 2.45) is 4.99 Å². The Balaban J connectivity index is 2.10. The number of para-hydroxylation sites is 1. The Hall–Kier alpha value is -2.32. The molecule has 24 heavy (non-hydrogen) atoms. The lowest BCUT2D eigenvalue weighted by molar-refractivity contribution is 0.0992. The first-order chi connectivity index (χ1) is 11.6. The van der Waals surface area contributed by atoms with Gasteiger partial charge in [0, 0.05) is 26.4 Å². The molecule has 0 spiro atoms. The lowest BCUT2D eigenvalue weighted by Crippen LogP contribution is -2.20. The summed E-state index contributed by atoms with van der Waals surface area (Å²) in [6, 6.07) is 6.47. The molecule has 0 atom stereocenters. The summed E-state index contributed by atoms with van der Waals surface area (Å²) in [7, 11) is 1.57. The van der Waals surface area contributed by atoms with Crippen molar-refractivity contribution in [2.75, 3.05) is 13.7 Å². The summed E-state index contributed by atoms with van der Waals surface area (Å²) in [5.41, 5.74) is 0.707. The SMILES string of the molecule is CCn1ccc(C(=O)N=c2sc3cccc(F)c3n2CCOC)n1. The Labute approximate surface area is 141 Å². The second-order valence-electron chi connectivity index (χ2n) is 5.09. The van der Waals surface area contributed by atoms with Crippen molar-refractivity contribution in [1.29, 1.82) is 0 Å². The minimum Gasteiger partial charge on any atom is -0.383 e. The van der Waals surface area contributed by atoms with Gasteiger partial charge in [0.25, 0.3) is 5.91 Å². The van der Waals surface area contributed by atoms with E-state index in [2.05, 4.69) is 10.1 Å². The maximum atomic E-state index is 14.2. The summed E-state index contributed by atoms with van der Waals surface area (Å²) < 4.78 is 23.4. The Morgan fingerprint density at radius 2 is 2.25 bits per heavy atom. The van der Waals surface area contributed by atoms with Gasteiger partial charge < -0.3 is 9.30 Å². The molecule has 8 heteroatoms. The molecule has 2 aromatic heterocycles. The van der Waals surface area contributed by atoms with E-state index in [1.807, 2.05) is 13.0 Å². The number of halogens is 1. The molecule has 0 saturated carbocycles. The molecule has 0 aliphatic carbocycles. The molecule has 1 aromatic carbocycles. The van der Waals surface area contributed by atoms with Crippen LogP contribution in [-0.2, 0) is 17.8 Å². The van der Waals surface area contributed by atoms with Crippen LogP contribution in [0.4, 0.5) is 4.39 Å². The zero-order valence-electron chi connectivity index (χ0n) is 13.4. The summed E-state index contributed by atoms with van der Waals surface area (Å²) in [5.74, 6) is -0.788. The van der Waals surface area contributed by atoms with E-state index in [0.29, 0.717) is 30.0 Å². The molecule has 0 fully saturated rings. The first-order valence-corrected chi connectivity index (χ1v) is 8.35. The van der Waals surface area contributed by atoms with Crippen LogP contribution in [0.3, 0.4) is 0 Å². The van der Waals surface area contributed by atoms with Crippen molar-refractivity contribution < 1.29 is 13.9 Å². The van der Waals surface area contributed by atoms with E-state index < -0.39 is 5.91 Å². The summed E-state index contributed by atoms with van der Waals surface area (Å²) >= 11 is 1.27. The van der Waals surface area contributed by atoms with E-state index in [1.54, 1.807) is 34.7 Å². The van der Waals surface area contributed by atoms with Crippen LogP contribution in [0.25, 0.3) is 10.2 Å². The molecular weight excluding hydrogens is 331 g/mol. The predicted molar refractivity (Wildman–Crippen MR) is 89.4 cm³/mol. The minimum absolute atomic E-state index is 0.271. The molecule has 2 heterocycles. The third-order valence-electron chi connectivity index (χ3n) is 3.55. The van der Waals surface area contributed by atoms with Crippen LogP contribution < -0.4 is 4.80 Å². The number of aryl methyl sites for hydroxylation is 1. The van der Waals surface area contributed by atoms with Crippen LogP contribution in [0.2, 0.25) is 0 Å². The number of benzene rings is 1. The van der Waals surface area contributed by atoms with Crippen LogP contribution >= 0.6 is 11.3 Å². The number of nitrogens with zero attached hydrogens (tertiary/aromatic N) is 4. The molecule has 3 aromatic rings. The average molecular weight is 348 g/mol. The van der Waals surface area contributed by atoms with Gasteiger partial charge in [0.15, 0.2) is 10.5 Å². The van der Waals surface area contributed by atoms with Crippen molar-refractivity contribution in [3.8, 4) is 0 Å². The molecule has 3 rings (SSSR count). The van der Waals surface area contributed by atoms with Gasteiger partial charge in [-0.3, -0.25) is 9.48 Å². The number of thiazole rings is 1. The molecule has 1 amide bonds. The van der Waals surface area contributed by atoms with Gasteiger partial charge in [0.05, 0.1) is 16.8 Å². The van der Waals surface area contributed by atoms with Gasteiger partial charge in [-0.1, -0.05) is 17.4 Å². The van der Waals surface area contributed by atoms with E-state index in [1.165, 1.54) is 17.4 Å². The van der Waals surface area contributed by atoms with Gasteiger partial charge in [0.2, 0.25) is 0 Å². The van der Waals surface area contributed by atoms with Crippen LogP contribution in [0.15, 0.2) is 35.5 Å². The number of carbonyl (C=O) groups excluding carboxylic acids is 1. The lowest BCUT2D eigenvalue weighted by atomic mass is 10.3. The molecule has 0 unspecified atom stereocenters. The highest BCUT2D eigenvalue weighted by atomic mass is 32.1. The number of aromatic nitrogens is 3. The maximum Gasteiger partial charge on any atom is 0.300 e. The van der Waals surface area contributed by atoms with Gasteiger partial charge in [-0.25, -0.2) is 4.39 Å². The number of ether oxygens (including phenoxy) is 1. The minimum atomic E-state index is -0.444. The van der Waals surface area contributed by atoms with Crippen LogP contribution in [0.5, 0.6) is 0 Å². The van der Waals surface area contributed by atoms with Crippen molar-refractivity contribution in [2.45, 2.75) is 20.0 Å². The van der Waals surface area contributed by atoms with E-state index >= 15 is 0 Å². The van der Waals surface area contributed by atoms with Gasteiger partial charge in [-0.05, 0) is 25.1 Å². The van der Waals surface area contributed by atoms with Crippen LogP contribution in [0.1, 0.15) is 17.4 Å². The van der Waals surface area contributed by atoms with E-state index in [4.69, 9.17) is 4.74 Å². The predicted octanol–water partition coefficient (Wildman–Crippen LogP) is 2.45. The number of hydrogen-bond donors (Lipinski definition) is 0. The highest BCUT2D eigenvalue weighted by Crippen LogP contribution is 2.20. The zero-order valence-corrected chi connectivity index (χ0v) is 14.2. The summed E-state index contributed by atoms with van der Waals surface area (Å²) in [6.07, 6.45) is 1.73. The zero-order chi connectivity index (χ0) is 17.1. The Kier molecular flexibility index (Phi) is 4.86. The quantitative estimate of drug-likeness (QED) is 0.711. The summed E-state index contributed by atoms with van der Waals surface area (Å²) in [4.78, 5) is 16.9. The van der Waals surface area contributed by atoms with Gasteiger partial charge in [0.1, 0.15) is 5.82 Å². The number of amides is 1. The summed E-state index contributed by atoms with van der Waals surface area (Å²) in [5, 5.41) is 4.16. The molecule has 0 bridgehead atoms. The number of fused-ring (bicyclic) bond motifs is 1. The fraction of sp³-hybridized carbons (Fsp3) is 0.312. The van der Waals surface area contributed by atoms with Gasteiger partial charge in [-0.2, -0.15) is 10.1 Å². The van der Waals surface area contributed by atoms with Crippen molar-refractivity contribution >= 4 is 27.5 Å². The molecule has 126 valence electrons. The Bertz CT molecular complexity index is 941. The molecule has 0 N–H and O–H groups in total. The third-order valence-corrected chi connectivity index (χ3v) is 4.60. The van der Waals surface area contributed by atoms with E-state index in [9.17, 15) is 9.18 Å². The molecule has 0 radical (unpaired) electrons. The third kappa shape index (κ3) is 3.15. The molecule has 0 saturated heterocycles. The van der Waals surface area contributed by atoms with Gasteiger partial charge in [-0.15, -0.1) is 0 Å². The molecular formula is C16H17FN4O2S. The average Bonchev–Trinajstić information content (AvgIpc) is 3.18. The van der Waals surface area contributed by atoms with Crippen molar-refractivity contribution in [3.63, 3.8) is 0 Å². The smallest absolute Gasteiger partial charge is 0.300 e. The van der Waals surface area contributed by atoms with E-state index in [-0.39, 0.29) is 11.5 Å². The number of carbonyl (C=O) groups is 1. The Morgan fingerprint density at radius 3 is 2.96 bits per heavy atom. The second kappa shape index (κ2) is 7.06. The van der Waals surface area contributed by atoms with E-state index in [0.717, 1.165) is 4.70 Å². The van der Waals surface area contributed by atoms with Crippen molar-refractivity contribution in [1.82, 2.24) is 14.3 Å². The number of hydrogen-bond acceptors (Lipinski definition) is 4. The Morgan fingerprint density at radius 1 is 1.42 bits per heavy atom. The topological polar surface area (TPSA) is 61.4 Å². The summed E-state index contributed by atoms with van der Waals surface area (Å²) in [6.45, 7) is 3.42. The monoisotopic (exact) mass is 348 g/mol. The molecule has 0 aliphatic rings. The van der Waals surface area contributed by atoms with Crippen LogP contribution in [0, 0.1) is 5.82 Å². The molecule has 0 aliphatic heterocycles. The fourth-order valence-electron chi connectivity index (χ4n) is 2.36. The standard InChI is InChI=1S/C16H17FN4O2S/c1-3-20-8-7-12(19-20)15(22)18-16-21(9-10-23-2)14-11(17)5-4-6-13(14)24-16/h4-8H,3,9-10H2,1-2H3. The highest BCUT2D eigenvalue weighted by Gasteiger charge is 2.13. The van der Waals surface area contributed by atoms with Crippen molar-refractivity contribution in [3.05, 3.63) is 46.8 Å². The normalized spacial score (nSPS) is 12.2. The first-order valence-electron chi connectivity index (χ1n) is 7.53. The van der Waals surface area contributed by atoms with Gasteiger partial charge >= 0.3 is 0 Å². The second-order valence-corrected chi connectivity index (χ2v) is 6.10. The maximum absolute atomic E-state index is 14.2. The number of rotatable bonds is 5. The highest BCUT2D eigenvalue weighted by molar-refractivity contribution is 7.16. The van der Waals surface area contributed by atoms with Crippen LogP contribution in [-0.4, -0.2) is 34.0 Å². The fourth-order valence-corrected chi connectivity index (χ4v) is 3.43. The number of methoxy groups -OCH3 is 1. The molecule has 6 nitrogen and oxygen atoms in total. The first kappa shape index (κ1) is 16.5. The largest absolute Gasteiger partial charge is 0.383 e. The lowest BCUT2D eigenvalue weighted by Gasteiger charge is -2.04.